The largest absolute Gasteiger partial charge is 0.340 e. The van der Waals surface area contributed by atoms with Crippen LogP contribution in [0.2, 0.25) is 0 Å². The molecule has 2 rings (SSSR count). The molecule has 134 valence electrons. The summed E-state index contributed by atoms with van der Waals surface area (Å²) in [6.45, 7) is 4.56. The maximum absolute atomic E-state index is 12.5. The molecule has 8 heteroatoms. The highest BCUT2D eigenvalue weighted by Gasteiger charge is 2.17. The fourth-order valence-corrected chi connectivity index (χ4v) is 3.37. The number of thioether (sulfide) groups is 1. The summed E-state index contributed by atoms with van der Waals surface area (Å²) in [5.74, 6) is 0.818. The molecule has 1 heterocycles. The molecular weight excluding hydrogens is 348 g/mol. The number of hydrogen-bond acceptors (Lipinski definition) is 6. The van der Waals surface area contributed by atoms with Crippen LogP contribution in [0.15, 0.2) is 29.4 Å². The zero-order valence-corrected chi connectivity index (χ0v) is 15.7. The zero-order chi connectivity index (χ0) is 18.9. The SMILES string of the molecule is Cc1ccccc1-n1c(C)nnc1SCC(=O)N(CCC#N)CCC#N. The Balaban J connectivity index is 2.12. The van der Waals surface area contributed by atoms with E-state index < -0.39 is 0 Å². The average molecular weight is 368 g/mol. The molecule has 0 atom stereocenters. The molecule has 0 fully saturated rings. The van der Waals surface area contributed by atoms with Gasteiger partial charge in [-0.1, -0.05) is 30.0 Å². The fourth-order valence-electron chi connectivity index (χ4n) is 2.48. The fraction of sp³-hybridized carbons (Fsp3) is 0.389. The van der Waals surface area contributed by atoms with Crippen LogP contribution < -0.4 is 0 Å². The van der Waals surface area contributed by atoms with Crippen LogP contribution in [-0.4, -0.2) is 44.4 Å². The lowest BCUT2D eigenvalue weighted by atomic mass is 10.2. The quantitative estimate of drug-likeness (QED) is 0.664. The summed E-state index contributed by atoms with van der Waals surface area (Å²) in [4.78, 5) is 14.0. The number of aromatic nitrogens is 3. The van der Waals surface area contributed by atoms with Gasteiger partial charge in [0, 0.05) is 13.1 Å². The van der Waals surface area contributed by atoms with Crippen LogP contribution in [0.4, 0.5) is 0 Å². The standard InChI is InChI=1S/C18H20N6OS/c1-14-7-3-4-8-16(14)24-15(2)21-22-18(24)26-13-17(25)23(11-5-9-19)12-6-10-20/h3-4,7-8H,5-6,11-13H2,1-2H3. The summed E-state index contributed by atoms with van der Waals surface area (Å²) in [6.07, 6.45) is 0.501. The van der Waals surface area contributed by atoms with E-state index in [1.165, 1.54) is 11.8 Å². The molecule has 2 aromatic rings. The van der Waals surface area contributed by atoms with Gasteiger partial charge in [-0.05, 0) is 25.5 Å². The van der Waals surface area contributed by atoms with Gasteiger partial charge in [0.1, 0.15) is 5.82 Å². The highest BCUT2D eigenvalue weighted by molar-refractivity contribution is 7.99. The Morgan fingerprint density at radius 3 is 2.42 bits per heavy atom. The molecule has 1 aromatic carbocycles. The number of para-hydroxylation sites is 1. The van der Waals surface area contributed by atoms with E-state index in [9.17, 15) is 4.79 Å². The zero-order valence-electron chi connectivity index (χ0n) is 14.8. The molecule has 0 saturated heterocycles. The van der Waals surface area contributed by atoms with Crippen LogP contribution in [0.1, 0.15) is 24.2 Å². The van der Waals surface area contributed by atoms with Crippen molar-refractivity contribution < 1.29 is 4.79 Å². The van der Waals surface area contributed by atoms with Crippen molar-refractivity contribution in [3.8, 4) is 17.8 Å². The van der Waals surface area contributed by atoms with E-state index in [1.54, 1.807) is 4.90 Å². The smallest absolute Gasteiger partial charge is 0.233 e. The highest BCUT2D eigenvalue weighted by Crippen LogP contribution is 2.24. The first-order valence-electron chi connectivity index (χ1n) is 8.21. The Bertz CT molecular complexity index is 830. The molecule has 0 spiro atoms. The minimum Gasteiger partial charge on any atom is -0.340 e. The predicted octanol–water partition coefficient (Wildman–Crippen LogP) is 2.63. The minimum absolute atomic E-state index is 0.113. The summed E-state index contributed by atoms with van der Waals surface area (Å²) in [7, 11) is 0. The summed E-state index contributed by atoms with van der Waals surface area (Å²) < 4.78 is 1.93. The van der Waals surface area contributed by atoms with Gasteiger partial charge in [0.15, 0.2) is 5.16 Å². The third kappa shape index (κ3) is 4.84. The number of carbonyl (C=O) groups excluding carboxylic acids is 1. The number of nitrogens with zero attached hydrogens (tertiary/aromatic N) is 6. The molecule has 0 saturated carbocycles. The van der Waals surface area contributed by atoms with Crippen molar-refractivity contribution in [2.45, 2.75) is 31.8 Å². The van der Waals surface area contributed by atoms with Gasteiger partial charge in [-0.15, -0.1) is 10.2 Å². The van der Waals surface area contributed by atoms with Crippen molar-refractivity contribution >= 4 is 17.7 Å². The molecule has 0 bridgehead atoms. The summed E-state index contributed by atoms with van der Waals surface area (Å²) in [5, 5.41) is 26.5. The van der Waals surface area contributed by atoms with Gasteiger partial charge >= 0.3 is 0 Å². The monoisotopic (exact) mass is 368 g/mol. The predicted molar refractivity (Wildman–Crippen MR) is 98.6 cm³/mol. The lowest BCUT2D eigenvalue weighted by Gasteiger charge is -2.20. The van der Waals surface area contributed by atoms with E-state index in [4.69, 9.17) is 10.5 Å². The van der Waals surface area contributed by atoms with Crippen molar-refractivity contribution in [1.82, 2.24) is 19.7 Å². The number of amides is 1. The average Bonchev–Trinajstić information content (AvgIpc) is 3.00. The van der Waals surface area contributed by atoms with Crippen LogP contribution in [0.5, 0.6) is 0 Å². The first kappa shape index (κ1) is 19.5. The van der Waals surface area contributed by atoms with E-state index >= 15 is 0 Å². The number of rotatable bonds is 8. The Morgan fingerprint density at radius 1 is 1.15 bits per heavy atom. The van der Waals surface area contributed by atoms with Gasteiger partial charge in [-0.2, -0.15) is 10.5 Å². The Hall–Kier alpha value is -2.84. The molecule has 0 aliphatic heterocycles. The summed E-state index contributed by atoms with van der Waals surface area (Å²) in [5.41, 5.74) is 2.07. The Labute approximate surface area is 157 Å². The third-order valence-corrected chi connectivity index (χ3v) is 4.73. The minimum atomic E-state index is -0.113. The first-order chi connectivity index (χ1) is 12.6. The molecule has 0 aliphatic carbocycles. The topological polar surface area (TPSA) is 98.6 Å². The third-order valence-electron chi connectivity index (χ3n) is 3.82. The molecule has 0 radical (unpaired) electrons. The Kier molecular flexibility index (Phi) is 7.19. The van der Waals surface area contributed by atoms with Crippen molar-refractivity contribution in [3.05, 3.63) is 35.7 Å². The van der Waals surface area contributed by atoms with Crippen molar-refractivity contribution in [2.24, 2.45) is 0 Å². The van der Waals surface area contributed by atoms with Crippen molar-refractivity contribution in [2.75, 3.05) is 18.8 Å². The van der Waals surface area contributed by atoms with Crippen LogP contribution in [0, 0.1) is 36.5 Å². The molecule has 0 unspecified atom stereocenters. The van der Waals surface area contributed by atoms with E-state index in [1.807, 2.05) is 54.8 Å². The van der Waals surface area contributed by atoms with Crippen molar-refractivity contribution in [1.29, 1.82) is 10.5 Å². The second-order valence-corrected chi connectivity index (χ2v) is 6.58. The molecule has 26 heavy (non-hydrogen) atoms. The molecular formula is C18H20N6OS. The molecule has 7 nitrogen and oxygen atoms in total. The lowest BCUT2D eigenvalue weighted by molar-refractivity contribution is -0.128. The van der Waals surface area contributed by atoms with Crippen LogP contribution in [0.3, 0.4) is 0 Å². The van der Waals surface area contributed by atoms with Gasteiger partial charge in [0.25, 0.3) is 0 Å². The van der Waals surface area contributed by atoms with E-state index in [0.29, 0.717) is 18.2 Å². The van der Waals surface area contributed by atoms with Gasteiger partial charge in [0.05, 0.1) is 36.4 Å². The number of hydrogen-bond donors (Lipinski definition) is 0. The van der Waals surface area contributed by atoms with Gasteiger partial charge in [-0.25, -0.2) is 0 Å². The van der Waals surface area contributed by atoms with Crippen LogP contribution in [-0.2, 0) is 4.79 Å². The molecule has 1 amide bonds. The van der Waals surface area contributed by atoms with E-state index in [0.717, 1.165) is 17.1 Å². The van der Waals surface area contributed by atoms with Gasteiger partial charge in [-0.3, -0.25) is 9.36 Å². The maximum Gasteiger partial charge on any atom is 0.233 e. The summed E-state index contributed by atoms with van der Waals surface area (Å²) in [6, 6.07) is 12.0. The highest BCUT2D eigenvalue weighted by atomic mass is 32.2. The second-order valence-electron chi connectivity index (χ2n) is 5.64. The number of aryl methyl sites for hydroxylation is 2. The number of carbonyl (C=O) groups is 1. The van der Waals surface area contributed by atoms with Gasteiger partial charge < -0.3 is 4.90 Å². The van der Waals surface area contributed by atoms with Crippen molar-refractivity contribution in [3.63, 3.8) is 0 Å². The summed E-state index contributed by atoms with van der Waals surface area (Å²) >= 11 is 1.31. The molecule has 0 aliphatic rings. The lowest BCUT2D eigenvalue weighted by Crippen LogP contribution is -2.34. The first-order valence-corrected chi connectivity index (χ1v) is 9.19. The van der Waals surface area contributed by atoms with E-state index in [-0.39, 0.29) is 24.5 Å². The van der Waals surface area contributed by atoms with Crippen LogP contribution in [0.25, 0.3) is 5.69 Å². The van der Waals surface area contributed by atoms with Gasteiger partial charge in [0.2, 0.25) is 5.91 Å². The molecule has 0 N–H and O–H groups in total. The number of nitriles is 2. The second kappa shape index (κ2) is 9.59. The van der Waals surface area contributed by atoms with E-state index in [2.05, 4.69) is 10.2 Å². The molecule has 1 aromatic heterocycles. The Morgan fingerprint density at radius 2 is 1.81 bits per heavy atom. The normalized spacial score (nSPS) is 10.2. The maximum atomic E-state index is 12.5. The van der Waals surface area contributed by atoms with Crippen LogP contribution >= 0.6 is 11.8 Å². The number of benzene rings is 1.